The molecule has 1 amide bonds. The van der Waals surface area contributed by atoms with Crippen LogP contribution in [0.5, 0.6) is 0 Å². The van der Waals surface area contributed by atoms with Crippen LogP contribution in [0.2, 0.25) is 0 Å². The summed E-state index contributed by atoms with van der Waals surface area (Å²) in [5.41, 5.74) is 10.8. The number of anilines is 3. The summed E-state index contributed by atoms with van der Waals surface area (Å²) in [5.74, 6) is 0. The molecule has 0 aromatic heterocycles. The van der Waals surface area contributed by atoms with E-state index < -0.39 is 11.7 Å². The Morgan fingerprint density at radius 2 is 2.00 bits per heavy atom. The van der Waals surface area contributed by atoms with Crippen molar-refractivity contribution in [2.24, 2.45) is 0 Å². The van der Waals surface area contributed by atoms with E-state index in [0.29, 0.717) is 6.04 Å². The van der Waals surface area contributed by atoms with Gasteiger partial charge in [0.15, 0.2) is 0 Å². The molecule has 6 nitrogen and oxygen atoms in total. The highest BCUT2D eigenvalue weighted by atomic mass is 16.6. The lowest BCUT2D eigenvalue weighted by atomic mass is 10.0. The number of ether oxygens (including phenoxy) is 1. The molecule has 1 aliphatic rings. The Bertz CT molecular complexity index is 876. The van der Waals surface area contributed by atoms with E-state index in [0.717, 1.165) is 49.3 Å². The molecule has 4 N–H and O–H groups in total. The van der Waals surface area contributed by atoms with Crippen molar-refractivity contribution in [3.63, 3.8) is 0 Å². The molecule has 30 heavy (non-hydrogen) atoms. The van der Waals surface area contributed by atoms with Gasteiger partial charge in [-0.3, -0.25) is 5.32 Å². The van der Waals surface area contributed by atoms with Gasteiger partial charge in [-0.15, -0.1) is 0 Å². The van der Waals surface area contributed by atoms with Crippen LogP contribution in [0.4, 0.5) is 21.9 Å². The SMILES string of the molecule is CNC1CCN(c2ccc(N)cc2CCc2cccc(NC(=O)OC(C)(C)C)c2)C1. The number of nitrogen functional groups attached to an aromatic ring is 1. The molecule has 0 saturated carbocycles. The number of rotatable bonds is 6. The van der Waals surface area contributed by atoms with Gasteiger partial charge >= 0.3 is 6.09 Å². The third-order valence-corrected chi connectivity index (χ3v) is 5.30. The zero-order chi connectivity index (χ0) is 21.7. The van der Waals surface area contributed by atoms with Crippen LogP contribution in [-0.2, 0) is 17.6 Å². The lowest BCUT2D eigenvalue weighted by Gasteiger charge is -2.23. The van der Waals surface area contributed by atoms with Crippen LogP contribution >= 0.6 is 0 Å². The molecule has 6 heteroatoms. The largest absolute Gasteiger partial charge is 0.444 e. The summed E-state index contributed by atoms with van der Waals surface area (Å²) in [6, 6.07) is 14.7. The van der Waals surface area contributed by atoms with Crippen molar-refractivity contribution in [2.45, 2.75) is 51.7 Å². The van der Waals surface area contributed by atoms with Gasteiger partial charge in [0.2, 0.25) is 0 Å². The Morgan fingerprint density at radius 3 is 2.70 bits per heavy atom. The number of aryl methyl sites for hydroxylation is 2. The molecule has 3 rings (SSSR count). The summed E-state index contributed by atoms with van der Waals surface area (Å²) in [6.45, 7) is 7.63. The van der Waals surface area contributed by atoms with Gasteiger partial charge in [-0.25, -0.2) is 4.79 Å². The molecule has 1 atom stereocenters. The molecule has 0 radical (unpaired) electrons. The molecular formula is C24H34N4O2. The van der Waals surface area contributed by atoms with Crippen LogP contribution in [0, 0.1) is 0 Å². The van der Waals surface area contributed by atoms with Gasteiger partial charge in [0.1, 0.15) is 5.60 Å². The molecule has 1 aliphatic heterocycles. The number of amides is 1. The number of benzene rings is 2. The molecule has 1 unspecified atom stereocenters. The number of carbonyl (C=O) groups excluding carboxylic acids is 1. The molecular weight excluding hydrogens is 376 g/mol. The van der Waals surface area contributed by atoms with Gasteiger partial charge in [0.05, 0.1) is 0 Å². The molecule has 2 aromatic rings. The lowest BCUT2D eigenvalue weighted by molar-refractivity contribution is 0.0636. The number of likely N-dealkylation sites (N-methyl/N-ethyl adjacent to an activating group) is 1. The highest BCUT2D eigenvalue weighted by molar-refractivity contribution is 5.84. The van der Waals surface area contributed by atoms with Crippen LogP contribution in [0.3, 0.4) is 0 Å². The second kappa shape index (κ2) is 9.39. The van der Waals surface area contributed by atoms with E-state index in [4.69, 9.17) is 10.5 Å². The zero-order valence-electron chi connectivity index (χ0n) is 18.5. The summed E-state index contributed by atoms with van der Waals surface area (Å²) in [4.78, 5) is 14.5. The van der Waals surface area contributed by atoms with E-state index in [1.54, 1.807) is 0 Å². The predicted molar refractivity (Wildman–Crippen MR) is 124 cm³/mol. The summed E-state index contributed by atoms with van der Waals surface area (Å²) in [5, 5.41) is 6.19. The lowest BCUT2D eigenvalue weighted by Crippen LogP contribution is -2.30. The van der Waals surface area contributed by atoms with Gasteiger partial charge in [-0.1, -0.05) is 12.1 Å². The molecule has 0 bridgehead atoms. The van der Waals surface area contributed by atoms with Gasteiger partial charge < -0.3 is 20.7 Å². The van der Waals surface area contributed by atoms with Crippen molar-refractivity contribution in [1.29, 1.82) is 0 Å². The maximum Gasteiger partial charge on any atom is 0.412 e. The minimum atomic E-state index is -0.521. The fraction of sp³-hybridized carbons (Fsp3) is 0.458. The molecule has 1 heterocycles. The Balaban J connectivity index is 1.67. The Morgan fingerprint density at radius 1 is 1.20 bits per heavy atom. The number of nitrogens with zero attached hydrogens (tertiary/aromatic N) is 1. The monoisotopic (exact) mass is 410 g/mol. The summed E-state index contributed by atoms with van der Waals surface area (Å²) in [7, 11) is 2.02. The number of nitrogens with two attached hydrogens (primary N) is 1. The van der Waals surface area contributed by atoms with Crippen LogP contribution in [0.1, 0.15) is 38.3 Å². The van der Waals surface area contributed by atoms with E-state index in [2.05, 4.69) is 33.7 Å². The summed E-state index contributed by atoms with van der Waals surface area (Å²) >= 11 is 0. The van der Waals surface area contributed by atoms with Crippen molar-refractivity contribution >= 4 is 23.2 Å². The van der Waals surface area contributed by atoms with Crippen molar-refractivity contribution in [2.75, 3.05) is 36.1 Å². The summed E-state index contributed by atoms with van der Waals surface area (Å²) < 4.78 is 5.34. The second-order valence-electron chi connectivity index (χ2n) is 8.94. The average molecular weight is 411 g/mol. The minimum absolute atomic E-state index is 0.439. The number of nitrogens with one attached hydrogen (secondary N) is 2. The third kappa shape index (κ3) is 6.13. The Kier molecular flexibility index (Phi) is 6.87. The molecule has 1 fully saturated rings. The van der Waals surface area contributed by atoms with E-state index >= 15 is 0 Å². The van der Waals surface area contributed by atoms with Gasteiger partial charge in [0, 0.05) is 36.2 Å². The molecule has 162 valence electrons. The van der Waals surface area contributed by atoms with Crippen LogP contribution < -0.4 is 21.3 Å². The maximum absolute atomic E-state index is 12.0. The van der Waals surface area contributed by atoms with Crippen molar-refractivity contribution < 1.29 is 9.53 Å². The maximum atomic E-state index is 12.0. The molecule has 0 aliphatic carbocycles. The topological polar surface area (TPSA) is 79.6 Å². The first-order valence-corrected chi connectivity index (χ1v) is 10.6. The smallest absolute Gasteiger partial charge is 0.412 e. The number of hydrogen-bond donors (Lipinski definition) is 3. The van der Waals surface area contributed by atoms with E-state index in [1.165, 1.54) is 11.3 Å². The average Bonchev–Trinajstić information content (AvgIpc) is 3.14. The number of carbonyl (C=O) groups is 1. The zero-order valence-corrected chi connectivity index (χ0v) is 18.5. The van der Waals surface area contributed by atoms with Gasteiger partial charge in [0.25, 0.3) is 0 Å². The molecule has 1 saturated heterocycles. The van der Waals surface area contributed by atoms with E-state index in [-0.39, 0.29) is 0 Å². The first-order chi connectivity index (χ1) is 14.2. The first kappa shape index (κ1) is 22.0. The Labute approximate surface area is 179 Å². The number of hydrogen-bond acceptors (Lipinski definition) is 5. The first-order valence-electron chi connectivity index (χ1n) is 10.6. The highest BCUT2D eigenvalue weighted by Crippen LogP contribution is 2.28. The minimum Gasteiger partial charge on any atom is -0.444 e. The van der Waals surface area contributed by atoms with E-state index in [9.17, 15) is 4.79 Å². The quantitative estimate of drug-likeness (QED) is 0.622. The standard InChI is InChI=1S/C24H34N4O2/c1-24(2,3)30-23(29)27-20-7-5-6-17(14-20)8-9-18-15-19(25)10-11-22(18)28-13-12-21(16-28)26-4/h5-7,10-11,14-15,21,26H,8-9,12-13,16,25H2,1-4H3,(H,27,29). The third-order valence-electron chi connectivity index (χ3n) is 5.30. The van der Waals surface area contributed by atoms with Gasteiger partial charge in [-0.2, -0.15) is 0 Å². The molecule has 2 aromatic carbocycles. The fourth-order valence-electron chi connectivity index (χ4n) is 3.83. The van der Waals surface area contributed by atoms with E-state index in [1.807, 2.05) is 52.1 Å². The van der Waals surface area contributed by atoms with Crippen molar-refractivity contribution in [3.05, 3.63) is 53.6 Å². The Hall–Kier alpha value is -2.73. The van der Waals surface area contributed by atoms with Crippen LogP contribution in [0.25, 0.3) is 0 Å². The van der Waals surface area contributed by atoms with Crippen molar-refractivity contribution in [3.8, 4) is 0 Å². The predicted octanol–water partition coefficient (Wildman–Crippen LogP) is 4.20. The van der Waals surface area contributed by atoms with Gasteiger partial charge in [-0.05, 0) is 88.5 Å². The highest BCUT2D eigenvalue weighted by Gasteiger charge is 2.23. The van der Waals surface area contributed by atoms with Crippen LogP contribution in [0.15, 0.2) is 42.5 Å². The normalized spacial score (nSPS) is 16.5. The second-order valence-corrected chi connectivity index (χ2v) is 8.94. The van der Waals surface area contributed by atoms with Crippen molar-refractivity contribution in [1.82, 2.24) is 5.32 Å². The van der Waals surface area contributed by atoms with Crippen LogP contribution in [-0.4, -0.2) is 37.9 Å². The fourth-order valence-corrected chi connectivity index (χ4v) is 3.83. The summed E-state index contributed by atoms with van der Waals surface area (Å²) in [6.07, 6.45) is 2.46. The molecule has 0 spiro atoms.